The summed E-state index contributed by atoms with van der Waals surface area (Å²) in [6.45, 7) is 11.8. The summed E-state index contributed by atoms with van der Waals surface area (Å²) in [5.41, 5.74) is 3.04. The SMILES string of the molecule is Cn1cc(-c2ccnnc2)c(CO[Si](C)(C)C(C)(C)C)n1. The van der Waals surface area contributed by atoms with Crippen molar-refractivity contribution in [1.82, 2.24) is 20.0 Å². The van der Waals surface area contributed by atoms with Gasteiger partial charge in [0.25, 0.3) is 0 Å². The highest BCUT2D eigenvalue weighted by Gasteiger charge is 2.37. The maximum absolute atomic E-state index is 6.28. The molecule has 6 heteroatoms. The van der Waals surface area contributed by atoms with Gasteiger partial charge in [-0.3, -0.25) is 4.68 Å². The van der Waals surface area contributed by atoms with Crippen LogP contribution in [0.15, 0.2) is 24.7 Å². The van der Waals surface area contributed by atoms with E-state index >= 15 is 0 Å². The summed E-state index contributed by atoms with van der Waals surface area (Å²) in [4.78, 5) is 0. The fourth-order valence-electron chi connectivity index (χ4n) is 1.80. The Bertz CT molecular complexity index is 602. The van der Waals surface area contributed by atoms with E-state index in [2.05, 4.69) is 49.2 Å². The smallest absolute Gasteiger partial charge is 0.192 e. The lowest BCUT2D eigenvalue weighted by molar-refractivity contribution is 0.271. The number of rotatable bonds is 4. The van der Waals surface area contributed by atoms with Gasteiger partial charge >= 0.3 is 0 Å². The monoisotopic (exact) mass is 304 g/mol. The van der Waals surface area contributed by atoms with Gasteiger partial charge in [0.15, 0.2) is 8.32 Å². The molecule has 0 aliphatic carbocycles. The highest BCUT2D eigenvalue weighted by atomic mass is 28.4. The molecule has 5 nitrogen and oxygen atoms in total. The van der Waals surface area contributed by atoms with Crippen molar-refractivity contribution >= 4 is 8.32 Å². The molecule has 2 aromatic heterocycles. The van der Waals surface area contributed by atoms with Gasteiger partial charge in [0.05, 0.1) is 24.7 Å². The van der Waals surface area contributed by atoms with Gasteiger partial charge in [-0.25, -0.2) is 0 Å². The Morgan fingerprint density at radius 1 is 1.24 bits per heavy atom. The molecule has 0 aliphatic heterocycles. The number of nitrogens with zero attached hydrogens (tertiary/aromatic N) is 4. The zero-order chi connectivity index (χ0) is 15.7. The van der Waals surface area contributed by atoms with Crippen molar-refractivity contribution in [3.8, 4) is 11.1 Å². The first-order chi connectivity index (χ1) is 9.71. The van der Waals surface area contributed by atoms with Crippen molar-refractivity contribution in [2.45, 2.75) is 45.5 Å². The molecule has 0 aromatic carbocycles. The molecule has 0 unspecified atom stereocenters. The second-order valence-electron chi connectivity index (χ2n) is 6.84. The van der Waals surface area contributed by atoms with Gasteiger partial charge in [-0.15, -0.1) is 0 Å². The first-order valence-corrected chi connectivity index (χ1v) is 10.0. The lowest BCUT2D eigenvalue weighted by Crippen LogP contribution is -2.40. The van der Waals surface area contributed by atoms with Crippen LogP contribution in [0.5, 0.6) is 0 Å². The highest BCUT2D eigenvalue weighted by Crippen LogP contribution is 2.37. The molecule has 2 rings (SSSR count). The molecule has 2 heterocycles. The molecular formula is C15H24N4OSi. The summed E-state index contributed by atoms with van der Waals surface area (Å²) in [7, 11) is 0.145. The Morgan fingerprint density at radius 2 is 1.95 bits per heavy atom. The normalized spacial score (nSPS) is 12.7. The van der Waals surface area contributed by atoms with Crippen LogP contribution in [0.25, 0.3) is 11.1 Å². The minimum absolute atomic E-state index is 0.195. The minimum atomic E-state index is -1.78. The zero-order valence-corrected chi connectivity index (χ0v) is 14.7. The standard InChI is InChI=1S/C15H24N4OSi/c1-15(2,3)21(5,6)20-11-14-13(10-19(4)18-14)12-7-8-16-17-9-12/h7-10H,11H2,1-6H3. The van der Waals surface area contributed by atoms with Crippen LogP contribution in [0.4, 0.5) is 0 Å². The molecule has 2 aromatic rings. The van der Waals surface area contributed by atoms with E-state index in [1.807, 2.05) is 24.0 Å². The Labute approximate surface area is 127 Å². The molecule has 0 saturated heterocycles. The predicted molar refractivity (Wildman–Crippen MR) is 86.2 cm³/mol. The molecule has 0 atom stereocenters. The van der Waals surface area contributed by atoms with Gasteiger partial charge in [-0.05, 0) is 24.2 Å². The van der Waals surface area contributed by atoms with Crippen LogP contribution >= 0.6 is 0 Å². The van der Waals surface area contributed by atoms with Crippen LogP contribution in [0, 0.1) is 0 Å². The molecule has 21 heavy (non-hydrogen) atoms. The van der Waals surface area contributed by atoms with Gasteiger partial charge < -0.3 is 4.43 Å². The second-order valence-corrected chi connectivity index (χ2v) is 11.7. The maximum Gasteiger partial charge on any atom is 0.192 e. The van der Waals surface area contributed by atoms with E-state index < -0.39 is 8.32 Å². The molecule has 0 aliphatic rings. The van der Waals surface area contributed by atoms with Gasteiger partial charge in [0, 0.05) is 24.4 Å². The molecule has 0 amide bonds. The number of aryl methyl sites for hydroxylation is 1. The van der Waals surface area contributed by atoms with Crippen molar-refractivity contribution in [3.63, 3.8) is 0 Å². The summed E-state index contributed by atoms with van der Waals surface area (Å²) in [6.07, 6.45) is 5.45. The lowest BCUT2D eigenvalue weighted by atomic mass is 10.1. The fourth-order valence-corrected chi connectivity index (χ4v) is 2.73. The van der Waals surface area contributed by atoms with E-state index in [9.17, 15) is 0 Å². The van der Waals surface area contributed by atoms with Gasteiger partial charge in [-0.1, -0.05) is 20.8 Å². The molecule has 0 bridgehead atoms. The van der Waals surface area contributed by atoms with E-state index in [1.165, 1.54) is 0 Å². The molecular weight excluding hydrogens is 280 g/mol. The highest BCUT2D eigenvalue weighted by molar-refractivity contribution is 6.74. The van der Waals surface area contributed by atoms with Crippen molar-refractivity contribution in [3.05, 3.63) is 30.4 Å². The third-order valence-corrected chi connectivity index (χ3v) is 8.65. The summed E-state index contributed by atoms with van der Waals surface area (Å²) in [6, 6.07) is 1.94. The van der Waals surface area contributed by atoms with Crippen LogP contribution < -0.4 is 0 Å². The second kappa shape index (κ2) is 5.69. The molecule has 0 fully saturated rings. The third-order valence-electron chi connectivity index (χ3n) is 4.18. The Morgan fingerprint density at radius 3 is 2.52 bits per heavy atom. The van der Waals surface area contributed by atoms with Crippen molar-refractivity contribution in [1.29, 1.82) is 0 Å². The van der Waals surface area contributed by atoms with E-state index in [0.29, 0.717) is 6.61 Å². The molecule has 0 spiro atoms. The lowest BCUT2D eigenvalue weighted by Gasteiger charge is -2.36. The van der Waals surface area contributed by atoms with Crippen molar-refractivity contribution in [2.24, 2.45) is 7.05 Å². The minimum Gasteiger partial charge on any atom is -0.411 e. The maximum atomic E-state index is 6.28. The zero-order valence-electron chi connectivity index (χ0n) is 13.7. The first kappa shape index (κ1) is 15.8. The van der Waals surface area contributed by atoms with Crippen LogP contribution in [-0.2, 0) is 18.1 Å². The molecule has 0 saturated carbocycles. The Kier molecular flexibility index (Phi) is 4.29. The number of hydrogen-bond donors (Lipinski definition) is 0. The predicted octanol–water partition coefficient (Wildman–Crippen LogP) is 3.40. The van der Waals surface area contributed by atoms with E-state index in [4.69, 9.17) is 4.43 Å². The van der Waals surface area contributed by atoms with E-state index in [0.717, 1.165) is 16.8 Å². The van der Waals surface area contributed by atoms with Crippen LogP contribution in [-0.4, -0.2) is 28.3 Å². The third kappa shape index (κ3) is 3.57. The fraction of sp³-hybridized carbons (Fsp3) is 0.533. The van der Waals surface area contributed by atoms with Crippen LogP contribution in [0.3, 0.4) is 0 Å². The van der Waals surface area contributed by atoms with Gasteiger partial charge in [0.2, 0.25) is 0 Å². The quantitative estimate of drug-likeness (QED) is 0.812. The summed E-state index contributed by atoms with van der Waals surface area (Å²) >= 11 is 0. The summed E-state index contributed by atoms with van der Waals surface area (Å²) in [5, 5.41) is 12.5. The first-order valence-electron chi connectivity index (χ1n) is 7.14. The van der Waals surface area contributed by atoms with E-state index in [1.54, 1.807) is 12.4 Å². The van der Waals surface area contributed by atoms with Gasteiger partial charge in [0.1, 0.15) is 0 Å². The average Bonchev–Trinajstić information content (AvgIpc) is 2.77. The van der Waals surface area contributed by atoms with Crippen LogP contribution in [0.2, 0.25) is 18.1 Å². The molecule has 114 valence electrons. The largest absolute Gasteiger partial charge is 0.411 e. The van der Waals surface area contributed by atoms with Crippen molar-refractivity contribution < 1.29 is 4.43 Å². The van der Waals surface area contributed by atoms with Crippen LogP contribution in [0.1, 0.15) is 26.5 Å². The van der Waals surface area contributed by atoms with E-state index in [-0.39, 0.29) is 5.04 Å². The van der Waals surface area contributed by atoms with Gasteiger partial charge in [-0.2, -0.15) is 15.3 Å². The molecule has 0 radical (unpaired) electrons. The van der Waals surface area contributed by atoms with Crippen molar-refractivity contribution in [2.75, 3.05) is 0 Å². The Hall–Kier alpha value is -1.53. The Balaban J connectivity index is 2.23. The molecule has 0 N–H and O–H groups in total. The number of aromatic nitrogens is 4. The average molecular weight is 304 g/mol. The topological polar surface area (TPSA) is 52.8 Å². The summed E-state index contributed by atoms with van der Waals surface area (Å²) < 4.78 is 8.10. The number of hydrogen-bond acceptors (Lipinski definition) is 4. The summed E-state index contributed by atoms with van der Waals surface area (Å²) in [5.74, 6) is 0.